The summed E-state index contributed by atoms with van der Waals surface area (Å²) < 4.78 is 1.79. The minimum absolute atomic E-state index is 0.233. The second kappa shape index (κ2) is 3.82. The van der Waals surface area contributed by atoms with Gasteiger partial charge >= 0.3 is 0 Å². The Balaban J connectivity index is 2.50. The highest BCUT2D eigenvalue weighted by molar-refractivity contribution is 5.97. The van der Waals surface area contributed by atoms with E-state index >= 15 is 0 Å². The van der Waals surface area contributed by atoms with Crippen molar-refractivity contribution in [1.29, 1.82) is 0 Å². The van der Waals surface area contributed by atoms with Crippen LogP contribution in [0.4, 0.5) is 5.69 Å². The van der Waals surface area contributed by atoms with Crippen LogP contribution in [0.1, 0.15) is 6.42 Å². The SMILES string of the molecule is NCCCn1cc2cccc(N)c2c1O. The van der Waals surface area contributed by atoms with Crippen LogP contribution in [0, 0.1) is 0 Å². The number of hydrogen-bond donors (Lipinski definition) is 3. The zero-order chi connectivity index (χ0) is 10.8. The molecule has 2 rings (SSSR count). The quantitative estimate of drug-likeness (QED) is 0.660. The zero-order valence-corrected chi connectivity index (χ0v) is 8.48. The lowest BCUT2D eigenvalue weighted by Crippen LogP contribution is -2.04. The van der Waals surface area contributed by atoms with Gasteiger partial charge in [0.1, 0.15) is 0 Å². The predicted octanol–water partition coefficient (Wildman–Crippen LogP) is 1.28. The van der Waals surface area contributed by atoms with E-state index in [2.05, 4.69) is 0 Å². The molecule has 80 valence electrons. The van der Waals surface area contributed by atoms with Crippen LogP contribution in [0.15, 0.2) is 24.4 Å². The Kier molecular flexibility index (Phi) is 2.51. The molecule has 1 aromatic carbocycles. The summed E-state index contributed by atoms with van der Waals surface area (Å²) in [6.45, 7) is 1.33. The molecule has 5 N–H and O–H groups in total. The molecule has 15 heavy (non-hydrogen) atoms. The lowest BCUT2D eigenvalue weighted by atomic mass is 10.2. The largest absolute Gasteiger partial charge is 0.494 e. The highest BCUT2D eigenvalue weighted by Crippen LogP contribution is 2.31. The monoisotopic (exact) mass is 205 g/mol. The van der Waals surface area contributed by atoms with E-state index in [1.165, 1.54) is 0 Å². The topological polar surface area (TPSA) is 77.2 Å². The van der Waals surface area contributed by atoms with Crippen molar-refractivity contribution in [2.75, 3.05) is 12.3 Å². The molecule has 0 aliphatic heterocycles. The van der Waals surface area contributed by atoms with Crippen molar-refractivity contribution >= 4 is 16.5 Å². The highest BCUT2D eigenvalue weighted by Gasteiger charge is 2.09. The number of aromatic hydroxyl groups is 1. The predicted molar refractivity (Wildman–Crippen MR) is 61.7 cm³/mol. The highest BCUT2D eigenvalue weighted by atomic mass is 16.3. The normalized spacial score (nSPS) is 11.0. The van der Waals surface area contributed by atoms with Gasteiger partial charge in [-0.05, 0) is 19.0 Å². The van der Waals surface area contributed by atoms with Crippen LogP contribution in [0.5, 0.6) is 5.88 Å². The van der Waals surface area contributed by atoms with Crippen LogP contribution in [0.2, 0.25) is 0 Å². The summed E-state index contributed by atoms with van der Waals surface area (Å²) >= 11 is 0. The Morgan fingerprint density at radius 3 is 2.80 bits per heavy atom. The van der Waals surface area contributed by atoms with E-state index in [1.807, 2.05) is 18.3 Å². The first kappa shape index (κ1) is 9.86. The number of fused-ring (bicyclic) bond motifs is 1. The molecule has 2 aromatic rings. The molecule has 0 radical (unpaired) electrons. The van der Waals surface area contributed by atoms with E-state index in [0.29, 0.717) is 12.2 Å². The molecule has 0 amide bonds. The Hall–Kier alpha value is -1.68. The molecule has 0 saturated heterocycles. The first-order valence-corrected chi connectivity index (χ1v) is 5.00. The van der Waals surface area contributed by atoms with Gasteiger partial charge in [0.05, 0.1) is 5.39 Å². The third-order valence-corrected chi connectivity index (χ3v) is 2.52. The van der Waals surface area contributed by atoms with E-state index in [-0.39, 0.29) is 5.88 Å². The fraction of sp³-hybridized carbons (Fsp3) is 0.273. The lowest BCUT2D eigenvalue weighted by Gasteiger charge is -2.02. The Labute approximate surface area is 88.1 Å². The Morgan fingerprint density at radius 1 is 1.33 bits per heavy atom. The molecule has 0 aliphatic carbocycles. The van der Waals surface area contributed by atoms with E-state index in [4.69, 9.17) is 11.5 Å². The number of nitrogens with two attached hydrogens (primary N) is 2. The van der Waals surface area contributed by atoms with Crippen molar-refractivity contribution in [1.82, 2.24) is 4.57 Å². The molecule has 0 atom stereocenters. The van der Waals surface area contributed by atoms with E-state index in [0.717, 1.165) is 23.7 Å². The standard InChI is InChI=1S/C11H15N3O/c12-5-2-6-14-7-8-3-1-4-9(13)10(8)11(14)15/h1,3-4,7,15H,2,5-6,12-13H2. The first-order chi connectivity index (χ1) is 7.24. The van der Waals surface area contributed by atoms with Crippen molar-refractivity contribution in [2.45, 2.75) is 13.0 Å². The number of hydrogen-bond acceptors (Lipinski definition) is 3. The van der Waals surface area contributed by atoms with Crippen LogP contribution in [0.25, 0.3) is 10.8 Å². The lowest BCUT2D eigenvalue weighted by molar-refractivity contribution is 0.419. The minimum atomic E-state index is 0.233. The van der Waals surface area contributed by atoms with Crippen molar-refractivity contribution in [3.63, 3.8) is 0 Å². The van der Waals surface area contributed by atoms with Crippen LogP contribution in [0.3, 0.4) is 0 Å². The number of nitrogen functional groups attached to an aromatic ring is 1. The van der Waals surface area contributed by atoms with E-state index in [1.54, 1.807) is 10.6 Å². The number of anilines is 1. The number of nitrogens with zero attached hydrogens (tertiary/aromatic N) is 1. The summed E-state index contributed by atoms with van der Waals surface area (Å²) in [7, 11) is 0. The van der Waals surface area contributed by atoms with Crippen molar-refractivity contribution < 1.29 is 5.11 Å². The molecule has 0 spiro atoms. The van der Waals surface area contributed by atoms with Crippen LogP contribution < -0.4 is 11.5 Å². The maximum absolute atomic E-state index is 9.94. The average Bonchev–Trinajstić information content (AvgIpc) is 2.54. The minimum Gasteiger partial charge on any atom is -0.494 e. The molecule has 0 aliphatic rings. The fourth-order valence-electron chi connectivity index (χ4n) is 1.76. The summed E-state index contributed by atoms with van der Waals surface area (Å²) in [5.74, 6) is 0.233. The molecular weight excluding hydrogens is 190 g/mol. The number of aromatic nitrogens is 1. The van der Waals surface area contributed by atoms with Gasteiger partial charge in [0.2, 0.25) is 5.88 Å². The number of aryl methyl sites for hydroxylation is 1. The summed E-state index contributed by atoms with van der Waals surface area (Å²) in [4.78, 5) is 0. The number of rotatable bonds is 3. The van der Waals surface area contributed by atoms with Gasteiger partial charge in [-0.25, -0.2) is 0 Å². The van der Waals surface area contributed by atoms with Gasteiger partial charge in [-0.1, -0.05) is 12.1 Å². The van der Waals surface area contributed by atoms with Gasteiger partial charge in [-0.15, -0.1) is 0 Å². The van der Waals surface area contributed by atoms with Crippen LogP contribution in [-0.2, 0) is 6.54 Å². The summed E-state index contributed by atoms with van der Waals surface area (Å²) in [5, 5.41) is 11.6. The zero-order valence-electron chi connectivity index (χ0n) is 8.48. The van der Waals surface area contributed by atoms with Gasteiger partial charge in [0.15, 0.2) is 0 Å². The molecule has 1 heterocycles. The molecule has 0 bridgehead atoms. The molecule has 0 fully saturated rings. The Bertz CT molecular complexity index is 476. The third kappa shape index (κ3) is 1.64. The fourth-order valence-corrected chi connectivity index (χ4v) is 1.76. The van der Waals surface area contributed by atoms with Gasteiger partial charge in [0.25, 0.3) is 0 Å². The second-order valence-corrected chi connectivity index (χ2v) is 3.60. The van der Waals surface area contributed by atoms with Gasteiger partial charge in [-0.3, -0.25) is 0 Å². The smallest absolute Gasteiger partial charge is 0.201 e. The van der Waals surface area contributed by atoms with Crippen LogP contribution in [-0.4, -0.2) is 16.2 Å². The maximum Gasteiger partial charge on any atom is 0.201 e. The van der Waals surface area contributed by atoms with Gasteiger partial charge in [-0.2, -0.15) is 0 Å². The molecule has 0 saturated carbocycles. The van der Waals surface area contributed by atoms with E-state index in [9.17, 15) is 5.11 Å². The van der Waals surface area contributed by atoms with E-state index < -0.39 is 0 Å². The average molecular weight is 205 g/mol. The molecule has 4 nitrogen and oxygen atoms in total. The van der Waals surface area contributed by atoms with Gasteiger partial charge in [0, 0.05) is 23.8 Å². The maximum atomic E-state index is 9.94. The number of benzene rings is 1. The second-order valence-electron chi connectivity index (χ2n) is 3.60. The van der Waals surface area contributed by atoms with Crippen molar-refractivity contribution in [3.8, 4) is 5.88 Å². The van der Waals surface area contributed by atoms with Crippen LogP contribution >= 0.6 is 0 Å². The molecule has 0 unspecified atom stereocenters. The summed E-state index contributed by atoms with van der Waals surface area (Å²) in [6, 6.07) is 5.60. The molecule has 4 heteroatoms. The molecule has 1 aromatic heterocycles. The van der Waals surface area contributed by atoms with Crippen molar-refractivity contribution in [2.24, 2.45) is 5.73 Å². The van der Waals surface area contributed by atoms with Crippen molar-refractivity contribution in [3.05, 3.63) is 24.4 Å². The summed E-state index contributed by atoms with van der Waals surface area (Å²) in [5.41, 5.74) is 11.8. The first-order valence-electron chi connectivity index (χ1n) is 5.00. The van der Waals surface area contributed by atoms with Gasteiger partial charge < -0.3 is 21.1 Å². The third-order valence-electron chi connectivity index (χ3n) is 2.52. The summed E-state index contributed by atoms with van der Waals surface area (Å²) in [6.07, 6.45) is 2.74. The Morgan fingerprint density at radius 2 is 2.13 bits per heavy atom. The molecular formula is C11H15N3O.